The van der Waals surface area contributed by atoms with Gasteiger partial charge in [-0.15, -0.1) is 0 Å². The van der Waals surface area contributed by atoms with E-state index in [0.717, 1.165) is 45.3 Å². The Bertz CT molecular complexity index is 323. The van der Waals surface area contributed by atoms with Crippen molar-refractivity contribution >= 4 is 9.84 Å². The highest BCUT2D eigenvalue weighted by Crippen LogP contribution is 2.20. The van der Waals surface area contributed by atoms with E-state index in [4.69, 9.17) is 4.74 Å². The van der Waals surface area contributed by atoms with E-state index in [1.165, 1.54) is 6.26 Å². The van der Waals surface area contributed by atoms with Gasteiger partial charge in [-0.1, -0.05) is 6.92 Å². The Kier molecular flexibility index (Phi) is 6.60. The first-order valence-electron chi connectivity index (χ1n) is 6.99. The van der Waals surface area contributed by atoms with Crippen LogP contribution in [0.3, 0.4) is 0 Å². The summed E-state index contributed by atoms with van der Waals surface area (Å²) in [7, 11) is -2.98. The number of hydrogen-bond donors (Lipinski definition) is 1. The molecule has 5 heteroatoms. The van der Waals surface area contributed by atoms with Crippen molar-refractivity contribution in [3.63, 3.8) is 0 Å². The predicted molar refractivity (Wildman–Crippen MR) is 74.6 cm³/mol. The van der Waals surface area contributed by atoms with Crippen LogP contribution >= 0.6 is 0 Å². The predicted octanol–water partition coefficient (Wildman–Crippen LogP) is 1.75. The van der Waals surface area contributed by atoms with Crippen LogP contribution in [-0.2, 0) is 14.6 Å². The zero-order valence-corrected chi connectivity index (χ0v) is 12.6. The van der Waals surface area contributed by atoms with E-state index in [-0.39, 0.29) is 11.3 Å². The Morgan fingerprint density at radius 1 is 1.44 bits per heavy atom. The van der Waals surface area contributed by atoms with Crippen molar-refractivity contribution in [3.8, 4) is 0 Å². The lowest BCUT2D eigenvalue weighted by Crippen LogP contribution is -2.43. The highest BCUT2D eigenvalue weighted by atomic mass is 32.2. The monoisotopic (exact) mass is 277 g/mol. The number of rotatable bonds is 8. The van der Waals surface area contributed by atoms with E-state index in [2.05, 4.69) is 12.2 Å². The van der Waals surface area contributed by atoms with Crippen molar-refractivity contribution in [1.82, 2.24) is 5.32 Å². The third kappa shape index (κ3) is 5.24. The lowest BCUT2D eigenvalue weighted by atomic mass is 10.0. The highest BCUT2D eigenvalue weighted by Gasteiger charge is 2.26. The molecule has 0 bridgehead atoms. The van der Waals surface area contributed by atoms with Crippen molar-refractivity contribution in [2.45, 2.75) is 63.3 Å². The van der Waals surface area contributed by atoms with Crippen LogP contribution in [0.2, 0.25) is 0 Å². The van der Waals surface area contributed by atoms with Gasteiger partial charge < -0.3 is 10.1 Å². The minimum absolute atomic E-state index is 0.0455. The molecule has 108 valence electrons. The molecule has 1 saturated heterocycles. The van der Waals surface area contributed by atoms with Crippen molar-refractivity contribution in [2.75, 3.05) is 19.4 Å². The first-order chi connectivity index (χ1) is 8.45. The summed E-state index contributed by atoms with van der Waals surface area (Å²) in [5, 5.41) is 3.04. The molecule has 0 aliphatic carbocycles. The van der Waals surface area contributed by atoms with Crippen LogP contribution in [0.25, 0.3) is 0 Å². The average molecular weight is 277 g/mol. The van der Waals surface area contributed by atoms with E-state index in [9.17, 15) is 8.42 Å². The molecule has 0 aromatic carbocycles. The maximum absolute atomic E-state index is 11.7. The molecule has 3 atom stereocenters. The SMILES string of the molecule is CCCNC(CCC1CCCO1)C(C)S(C)(=O)=O. The molecule has 0 saturated carbocycles. The number of nitrogens with one attached hydrogen (secondary N) is 1. The van der Waals surface area contributed by atoms with Gasteiger partial charge >= 0.3 is 0 Å². The first kappa shape index (κ1) is 15.9. The van der Waals surface area contributed by atoms with Gasteiger partial charge in [-0.05, 0) is 45.6 Å². The summed E-state index contributed by atoms with van der Waals surface area (Å²) in [5.41, 5.74) is 0. The van der Waals surface area contributed by atoms with Crippen molar-refractivity contribution in [2.24, 2.45) is 0 Å². The lowest BCUT2D eigenvalue weighted by molar-refractivity contribution is 0.0995. The largest absolute Gasteiger partial charge is 0.378 e. The molecule has 0 spiro atoms. The average Bonchev–Trinajstić information content (AvgIpc) is 2.80. The van der Waals surface area contributed by atoms with Gasteiger partial charge in [0.15, 0.2) is 9.84 Å². The van der Waals surface area contributed by atoms with Crippen LogP contribution < -0.4 is 5.32 Å². The molecule has 1 fully saturated rings. The fourth-order valence-corrected chi connectivity index (χ4v) is 3.20. The summed E-state index contributed by atoms with van der Waals surface area (Å²) in [6.45, 7) is 5.63. The second-order valence-electron chi connectivity index (χ2n) is 5.31. The van der Waals surface area contributed by atoms with Crippen molar-refractivity contribution in [1.29, 1.82) is 0 Å². The Morgan fingerprint density at radius 2 is 2.17 bits per heavy atom. The van der Waals surface area contributed by atoms with E-state index >= 15 is 0 Å². The fourth-order valence-electron chi connectivity index (χ4n) is 2.37. The van der Waals surface area contributed by atoms with Gasteiger partial charge in [0.2, 0.25) is 0 Å². The van der Waals surface area contributed by atoms with Crippen LogP contribution in [0.4, 0.5) is 0 Å². The minimum atomic E-state index is -2.98. The van der Waals surface area contributed by atoms with Gasteiger partial charge in [-0.3, -0.25) is 0 Å². The van der Waals surface area contributed by atoms with Gasteiger partial charge in [0.1, 0.15) is 0 Å². The van der Waals surface area contributed by atoms with Crippen molar-refractivity contribution in [3.05, 3.63) is 0 Å². The summed E-state index contributed by atoms with van der Waals surface area (Å²) in [5.74, 6) is 0. The standard InChI is InChI=1S/C13H27NO3S/c1-4-9-14-13(11(2)18(3,15)16)8-7-12-6-5-10-17-12/h11-14H,4-10H2,1-3H3. The van der Waals surface area contributed by atoms with Crippen LogP contribution in [-0.4, -0.2) is 45.2 Å². The summed E-state index contributed by atoms with van der Waals surface area (Å²) in [6.07, 6.45) is 6.77. The quantitative estimate of drug-likeness (QED) is 0.734. The van der Waals surface area contributed by atoms with Gasteiger partial charge in [0.05, 0.1) is 11.4 Å². The first-order valence-corrected chi connectivity index (χ1v) is 8.94. The van der Waals surface area contributed by atoms with Gasteiger partial charge in [-0.25, -0.2) is 8.42 Å². The third-order valence-electron chi connectivity index (χ3n) is 3.72. The maximum atomic E-state index is 11.7. The Balaban J connectivity index is 2.48. The molecule has 1 rings (SSSR count). The highest BCUT2D eigenvalue weighted by molar-refractivity contribution is 7.91. The summed E-state index contributed by atoms with van der Waals surface area (Å²) in [4.78, 5) is 0. The Hall–Kier alpha value is -0.130. The fraction of sp³-hybridized carbons (Fsp3) is 1.00. The summed E-state index contributed by atoms with van der Waals surface area (Å²) in [6, 6.07) is 0.0455. The zero-order chi connectivity index (χ0) is 13.6. The van der Waals surface area contributed by atoms with Gasteiger partial charge in [0.25, 0.3) is 0 Å². The molecule has 18 heavy (non-hydrogen) atoms. The second-order valence-corrected chi connectivity index (χ2v) is 7.71. The molecule has 4 nitrogen and oxygen atoms in total. The molecule has 3 unspecified atom stereocenters. The van der Waals surface area contributed by atoms with Crippen molar-refractivity contribution < 1.29 is 13.2 Å². The molecule has 0 aromatic heterocycles. The number of hydrogen-bond acceptors (Lipinski definition) is 4. The summed E-state index contributed by atoms with van der Waals surface area (Å²) >= 11 is 0. The van der Waals surface area contributed by atoms with E-state index in [0.29, 0.717) is 6.10 Å². The molecule has 0 aromatic rings. The molecule has 1 aliphatic rings. The summed E-state index contributed by atoms with van der Waals surface area (Å²) < 4.78 is 28.9. The van der Waals surface area contributed by atoms with Gasteiger partial charge in [-0.2, -0.15) is 0 Å². The van der Waals surface area contributed by atoms with Crippen LogP contribution in [0.5, 0.6) is 0 Å². The zero-order valence-electron chi connectivity index (χ0n) is 11.8. The normalized spacial score (nSPS) is 24.1. The molecule has 1 aliphatic heterocycles. The molecular formula is C13H27NO3S. The Labute approximate surface area is 111 Å². The van der Waals surface area contributed by atoms with Crippen LogP contribution in [0, 0.1) is 0 Å². The number of sulfone groups is 1. The Morgan fingerprint density at radius 3 is 2.67 bits per heavy atom. The molecule has 1 N–H and O–H groups in total. The van der Waals surface area contributed by atoms with Gasteiger partial charge in [0, 0.05) is 18.9 Å². The smallest absolute Gasteiger partial charge is 0.151 e. The second kappa shape index (κ2) is 7.46. The molecule has 0 radical (unpaired) electrons. The number of ether oxygens (including phenoxy) is 1. The van der Waals surface area contributed by atoms with E-state index in [1.54, 1.807) is 6.92 Å². The molecular weight excluding hydrogens is 250 g/mol. The van der Waals surface area contributed by atoms with E-state index < -0.39 is 9.84 Å². The van der Waals surface area contributed by atoms with Crippen LogP contribution in [0.1, 0.15) is 46.0 Å². The maximum Gasteiger partial charge on any atom is 0.151 e. The van der Waals surface area contributed by atoms with Crippen LogP contribution in [0.15, 0.2) is 0 Å². The lowest BCUT2D eigenvalue weighted by Gasteiger charge is -2.25. The third-order valence-corrected chi connectivity index (χ3v) is 5.40. The topological polar surface area (TPSA) is 55.4 Å². The molecule has 1 heterocycles. The van der Waals surface area contributed by atoms with E-state index in [1.807, 2.05) is 0 Å². The molecule has 0 amide bonds. The minimum Gasteiger partial charge on any atom is -0.378 e.